The van der Waals surface area contributed by atoms with Crippen LogP contribution in [0.4, 0.5) is 0 Å². The third kappa shape index (κ3) is 7.15. The lowest BCUT2D eigenvalue weighted by Crippen LogP contribution is -2.41. The van der Waals surface area contributed by atoms with Gasteiger partial charge in [-0.2, -0.15) is 0 Å². The number of ether oxygens (including phenoxy) is 1. The quantitative estimate of drug-likeness (QED) is 0.591. The van der Waals surface area contributed by atoms with Gasteiger partial charge in [0, 0.05) is 19.6 Å². The van der Waals surface area contributed by atoms with Gasteiger partial charge in [-0.15, -0.1) is 0 Å². The Labute approximate surface area is 138 Å². The van der Waals surface area contributed by atoms with Crippen molar-refractivity contribution in [2.75, 3.05) is 38.2 Å². The molecule has 1 heterocycles. The minimum absolute atomic E-state index is 0.00332. The highest BCUT2D eigenvalue weighted by Gasteiger charge is 2.28. The number of sulfonamides is 2. The largest absolute Gasteiger partial charge is 0.466 e. The second kappa shape index (κ2) is 8.41. The van der Waals surface area contributed by atoms with E-state index in [9.17, 15) is 21.6 Å². The van der Waals surface area contributed by atoms with E-state index in [-0.39, 0.29) is 24.8 Å². The highest BCUT2D eigenvalue weighted by atomic mass is 32.2. The molecule has 1 saturated heterocycles. The maximum Gasteiger partial charge on any atom is 0.309 e. The summed E-state index contributed by atoms with van der Waals surface area (Å²) in [4.78, 5) is 11.5. The van der Waals surface area contributed by atoms with Crippen LogP contribution in [0, 0.1) is 11.8 Å². The van der Waals surface area contributed by atoms with E-state index in [0.717, 1.165) is 6.26 Å². The van der Waals surface area contributed by atoms with E-state index in [1.54, 1.807) is 13.8 Å². The maximum atomic E-state index is 12.1. The summed E-state index contributed by atoms with van der Waals surface area (Å²) in [5.74, 6) is -1.11. The number of hydrogen-bond donors (Lipinski definition) is 1. The van der Waals surface area contributed by atoms with Crippen LogP contribution in [0.3, 0.4) is 0 Å². The Morgan fingerprint density at radius 1 is 1.26 bits per heavy atom. The molecule has 0 amide bonds. The van der Waals surface area contributed by atoms with Gasteiger partial charge in [-0.05, 0) is 25.7 Å². The Kier molecular flexibility index (Phi) is 7.43. The van der Waals surface area contributed by atoms with Gasteiger partial charge in [-0.3, -0.25) is 4.79 Å². The monoisotopic (exact) mass is 370 g/mol. The molecular formula is C13H26N2O6S2. The van der Waals surface area contributed by atoms with Crippen LogP contribution in [0.2, 0.25) is 0 Å². The fourth-order valence-corrected chi connectivity index (χ4v) is 4.85. The van der Waals surface area contributed by atoms with Gasteiger partial charge in [0.05, 0.1) is 24.5 Å². The van der Waals surface area contributed by atoms with Crippen LogP contribution < -0.4 is 4.72 Å². The first kappa shape index (κ1) is 20.3. The van der Waals surface area contributed by atoms with Crippen LogP contribution in [0.25, 0.3) is 0 Å². The van der Waals surface area contributed by atoms with Crippen LogP contribution in [0.5, 0.6) is 0 Å². The van der Waals surface area contributed by atoms with Crippen molar-refractivity contribution in [3.63, 3.8) is 0 Å². The predicted molar refractivity (Wildman–Crippen MR) is 86.7 cm³/mol. The van der Waals surface area contributed by atoms with Crippen LogP contribution in [-0.2, 0) is 29.6 Å². The van der Waals surface area contributed by atoms with E-state index in [1.807, 2.05) is 0 Å². The van der Waals surface area contributed by atoms with E-state index in [4.69, 9.17) is 4.74 Å². The molecular weight excluding hydrogens is 344 g/mol. The first-order valence-electron chi connectivity index (χ1n) is 7.64. The van der Waals surface area contributed by atoms with Gasteiger partial charge in [-0.25, -0.2) is 25.9 Å². The van der Waals surface area contributed by atoms with Gasteiger partial charge in [0.1, 0.15) is 0 Å². The molecule has 0 aliphatic carbocycles. The normalized spacial score (nSPS) is 19.4. The third-order valence-electron chi connectivity index (χ3n) is 3.80. The molecule has 23 heavy (non-hydrogen) atoms. The summed E-state index contributed by atoms with van der Waals surface area (Å²) in [5, 5.41) is 0. The number of esters is 1. The standard InChI is InChI=1S/C13H26N2O6S2/c1-4-21-13(16)11(2)9-14-23(19,20)10-12-5-7-15(8-6-12)22(3,17)18/h11-12,14H,4-10H2,1-3H3. The molecule has 0 aromatic rings. The summed E-state index contributed by atoms with van der Waals surface area (Å²) < 4.78 is 55.6. The zero-order chi connectivity index (χ0) is 17.7. The van der Waals surface area contributed by atoms with Crippen LogP contribution in [0.1, 0.15) is 26.7 Å². The van der Waals surface area contributed by atoms with Gasteiger partial charge >= 0.3 is 5.97 Å². The molecule has 0 radical (unpaired) electrons. The Bertz CT molecular complexity index is 594. The van der Waals surface area contributed by atoms with E-state index in [2.05, 4.69) is 4.72 Å². The van der Waals surface area contributed by atoms with E-state index >= 15 is 0 Å². The second-order valence-corrected chi connectivity index (χ2v) is 9.72. The fourth-order valence-electron chi connectivity index (χ4n) is 2.40. The first-order valence-corrected chi connectivity index (χ1v) is 11.1. The topological polar surface area (TPSA) is 110 Å². The predicted octanol–water partition coefficient (Wildman–Crippen LogP) is -0.223. The number of nitrogens with one attached hydrogen (secondary N) is 1. The Morgan fingerprint density at radius 2 is 1.83 bits per heavy atom. The van der Waals surface area contributed by atoms with Crippen molar-refractivity contribution in [3.05, 3.63) is 0 Å². The summed E-state index contributed by atoms with van der Waals surface area (Å²) in [6, 6.07) is 0. The molecule has 0 aromatic heterocycles. The van der Waals surface area contributed by atoms with E-state index < -0.39 is 31.9 Å². The van der Waals surface area contributed by atoms with Crippen LogP contribution in [0.15, 0.2) is 0 Å². The molecule has 0 aromatic carbocycles. The average molecular weight is 370 g/mol. The van der Waals surface area contributed by atoms with Crippen molar-refractivity contribution in [2.24, 2.45) is 11.8 Å². The molecule has 1 rings (SSSR count). The number of rotatable bonds is 8. The zero-order valence-electron chi connectivity index (χ0n) is 13.8. The molecule has 1 aliphatic heterocycles. The molecule has 1 atom stereocenters. The molecule has 1 N–H and O–H groups in total. The minimum atomic E-state index is -3.50. The first-order chi connectivity index (χ1) is 10.5. The molecule has 10 heteroatoms. The molecule has 1 unspecified atom stereocenters. The molecule has 0 saturated carbocycles. The number of piperidine rings is 1. The summed E-state index contributed by atoms with van der Waals surface area (Å²) in [7, 11) is -6.72. The maximum absolute atomic E-state index is 12.1. The highest BCUT2D eigenvalue weighted by Crippen LogP contribution is 2.20. The smallest absolute Gasteiger partial charge is 0.309 e. The molecule has 8 nitrogen and oxygen atoms in total. The van der Waals surface area contributed by atoms with Gasteiger partial charge in [0.25, 0.3) is 0 Å². The lowest BCUT2D eigenvalue weighted by atomic mass is 10.0. The molecule has 136 valence electrons. The van der Waals surface area contributed by atoms with Gasteiger partial charge < -0.3 is 4.74 Å². The van der Waals surface area contributed by atoms with Gasteiger partial charge in [-0.1, -0.05) is 6.92 Å². The van der Waals surface area contributed by atoms with Crippen molar-refractivity contribution in [2.45, 2.75) is 26.7 Å². The van der Waals surface area contributed by atoms with Crippen molar-refractivity contribution in [3.8, 4) is 0 Å². The minimum Gasteiger partial charge on any atom is -0.466 e. The SMILES string of the molecule is CCOC(=O)C(C)CNS(=O)(=O)CC1CCN(S(C)(=O)=O)CC1. The van der Waals surface area contributed by atoms with Gasteiger partial charge in [0.2, 0.25) is 20.0 Å². The van der Waals surface area contributed by atoms with Crippen LogP contribution >= 0.6 is 0 Å². The number of hydrogen-bond acceptors (Lipinski definition) is 6. The molecule has 1 aliphatic rings. The van der Waals surface area contributed by atoms with E-state index in [1.165, 1.54) is 4.31 Å². The number of carbonyl (C=O) groups excluding carboxylic acids is 1. The summed E-state index contributed by atoms with van der Waals surface area (Å²) in [5.41, 5.74) is 0. The zero-order valence-corrected chi connectivity index (χ0v) is 15.5. The lowest BCUT2D eigenvalue weighted by Gasteiger charge is -2.30. The number of carbonyl (C=O) groups is 1. The third-order valence-corrected chi connectivity index (χ3v) is 6.62. The summed E-state index contributed by atoms with van der Waals surface area (Å²) in [6.07, 6.45) is 2.19. The fraction of sp³-hybridized carbons (Fsp3) is 0.923. The van der Waals surface area contributed by atoms with Crippen molar-refractivity contribution in [1.29, 1.82) is 0 Å². The number of nitrogens with zero attached hydrogens (tertiary/aromatic N) is 1. The summed E-state index contributed by atoms with van der Waals surface area (Å²) in [6.45, 7) is 4.25. The van der Waals surface area contributed by atoms with Crippen molar-refractivity contribution in [1.82, 2.24) is 9.03 Å². The molecule has 0 spiro atoms. The average Bonchev–Trinajstić information content (AvgIpc) is 2.44. The second-order valence-electron chi connectivity index (χ2n) is 5.89. The van der Waals surface area contributed by atoms with Crippen molar-refractivity contribution < 1.29 is 26.4 Å². The van der Waals surface area contributed by atoms with Crippen molar-refractivity contribution >= 4 is 26.0 Å². The lowest BCUT2D eigenvalue weighted by molar-refractivity contribution is -0.147. The Balaban J connectivity index is 2.43. The Morgan fingerprint density at radius 3 is 2.30 bits per heavy atom. The van der Waals surface area contributed by atoms with Gasteiger partial charge in [0.15, 0.2) is 0 Å². The summed E-state index contributed by atoms with van der Waals surface area (Å²) >= 11 is 0. The Hall–Kier alpha value is -0.710. The molecule has 1 fully saturated rings. The molecule has 0 bridgehead atoms. The van der Waals surface area contributed by atoms with Crippen LogP contribution in [-0.4, -0.2) is 65.4 Å². The van der Waals surface area contributed by atoms with E-state index in [0.29, 0.717) is 25.9 Å². The highest BCUT2D eigenvalue weighted by molar-refractivity contribution is 7.89.